The Bertz CT molecular complexity index is 380. The summed E-state index contributed by atoms with van der Waals surface area (Å²) in [7, 11) is -9.06. The van der Waals surface area contributed by atoms with E-state index in [2.05, 4.69) is 4.52 Å². The second kappa shape index (κ2) is 8.45. The predicted octanol–water partition coefficient (Wildman–Crippen LogP) is -1.82. The van der Waals surface area contributed by atoms with E-state index < -0.39 is 45.7 Å². The molecule has 0 aliphatic carbocycles. The van der Waals surface area contributed by atoms with Crippen molar-refractivity contribution in [3.63, 3.8) is 0 Å². The van der Waals surface area contributed by atoms with E-state index in [4.69, 9.17) is 34.9 Å². The number of rotatable bonds is 6. The van der Waals surface area contributed by atoms with Gasteiger partial charge in [-0.05, 0) is 6.92 Å². The molecule has 0 aliphatic heterocycles. The first-order chi connectivity index (χ1) is 8.65. The van der Waals surface area contributed by atoms with Crippen molar-refractivity contribution >= 4 is 27.4 Å². The van der Waals surface area contributed by atoms with Crippen molar-refractivity contribution in [2.45, 2.75) is 19.1 Å². The number of carbonyl (C=O) groups is 2. The largest absolute Gasteiger partial charge is 0.479 e. The number of carboxylic acid groups (broad SMARTS) is 2. The summed E-state index contributed by atoms with van der Waals surface area (Å²) >= 11 is 0. The number of hydrogen-bond acceptors (Lipinski definition) is 6. The fourth-order valence-corrected chi connectivity index (χ4v) is 1.66. The highest BCUT2D eigenvalue weighted by molar-refractivity contribution is 7.51. The van der Waals surface area contributed by atoms with E-state index in [1.807, 2.05) is 0 Å². The lowest BCUT2D eigenvalue weighted by molar-refractivity contribution is -0.146. The fraction of sp³-hybridized carbons (Fsp3) is 0.667. The average Bonchev–Trinajstić information content (AvgIpc) is 2.12. The molecule has 0 aromatic rings. The van der Waals surface area contributed by atoms with Crippen molar-refractivity contribution in [3.05, 3.63) is 0 Å². The SMILES string of the molecule is CC(OP(=O)(O)O)C(=O)O.O=C(O)C(O)CP(=O)(O)O. The molecule has 0 aromatic heterocycles. The smallest absolute Gasteiger partial charge is 0.470 e. The van der Waals surface area contributed by atoms with Crippen LogP contribution < -0.4 is 0 Å². The van der Waals surface area contributed by atoms with Crippen molar-refractivity contribution in [2.24, 2.45) is 0 Å². The van der Waals surface area contributed by atoms with Crippen LogP contribution in [0.3, 0.4) is 0 Å². The van der Waals surface area contributed by atoms with Gasteiger partial charge in [0.05, 0.1) is 6.16 Å². The van der Waals surface area contributed by atoms with Gasteiger partial charge in [-0.25, -0.2) is 14.2 Å². The Balaban J connectivity index is 0. The van der Waals surface area contributed by atoms with Crippen LogP contribution >= 0.6 is 15.4 Å². The summed E-state index contributed by atoms with van der Waals surface area (Å²) in [6, 6.07) is 0. The van der Waals surface area contributed by atoms with E-state index in [-0.39, 0.29) is 0 Å². The number of aliphatic hydroxyl groups is 1. The molecule has 2 atom stereocenters. The zero-order valence-electron chi connectivity index (χ0n) is 9.93. The van der Waals surface area contributed by atoms with Gasteiger partial charge in [0.2, 0.25) is 0 Å². The monoisotopic (exact) mass is 340 g/mol. The van der Waals surface area contributed by atoms with Crippen LogP contribution in [0.4, 0.5) is 0 Å². The third-order valence-electron chi connectivity index (χ3n) is 1.34. The zero-order valence-corrected chi connectivity index (χ0v) is 11.7. The van der Waals surface area contributed by atoms with Crippen LogP contribution in [0, 0.1) is 0 Å². The van der Waals surface area contributed by atoms with Crippen LogP contribution in [0.1, 0.15) is 6.92 Å². The highest BCUT2D eigenvalue weighted by Gasteiger charge is 2.24. The van der Waals surface area contributed by atoms with Crippen LogP contribution in [-0.4, -0.2) is 65.2 Å². The molecule has 2 unspecified atom stereocenters. The van der Waals surface area contributed by atoms with Gasteiger partial charge < -0.3 is 34.9 Å². The van der Waals surface area contributed by atoms with Gasteiger partial charge in [-0.2, -0.15) is 0 Å². The van der Waals surface area contributed by atoms with Gasteiger partial charge in [0.15, 0.2) is 12.2 Å². The lowest BCUT2D eigenvalue weighted by Crippen LogP contribution is -2.23. The Morgan fingerprint density at radius 1 is 1.05 bits per heavy atom. The molecule has 14 heteroatoms. The first kappa shape index (κ1) is 21.5. The minimum Gasteiger partial charge on any atom is -0.479 e. The number of aliphatic carboxylic acids is 2. The number of phosphoric acid groups is 1. The topological polar surface area (TPSA) is 219 Å². The molecule has 120 valence electrons. The van der Waals surface area contributed by atoms with Crippen LogP contribution in [0.2, 0.25) is 0 Å². The van der Waals surface area contributed by atoms with E-state index in [0.717, 1.165) is 6.92 Å². The highest BCUT2D eigenvalue weighted by atomic mass is 31.2. The Kier molecular flexibility index (Phi) is 9.06. The molecule has 0 saturated carbocycles. The number of hydrogen-bond donors (Lipinski definition) is 7. The number of aliphatic hydroxyl groups excluding tert-OH is 1. The van der Waals surface area contributed by atoms with E-state index in [0.29, 0.717) is 0 Å². The fourth-order valence-electron chi connectivity index (χ4n) is 0.554. The van der Waals surface area contributed by atoms with Gasteiger partial charge in [-0.15, -0.1) is 0 Å². The third kappa shape index (κ3) is 15.2. The minimum atomic E-state index is -4.66. The summed E-state index contributed by atoms with van der Waals surface area (Å²) in [6.07, 6.45) is -4.51. The predicted molar refractivity (Wildman–Crippen MR) is 60.8 cm³/mol. The molecule has 12 nitrogen and oxygen atoms in total. The normalized spacial score (nSPS) is 14.7. The molecular formula is C6H14O12P2. The Labute approximate surface area is 112 Å². The van der Waals surface area contributed by atoms with Crippen LogP contribution in [0.15, 0.2) is 0 Å². The molecule has 0 aliphatic rings. The maximum atomic E-state index is 10.0. The molecule has 0 rings (SSSR count). The first-order valence-electron chi connectivity index (χ1n) is 4.58. The van der Waals surface area contributed by atoms with Crippen LogP contribution in [0.5, 0.6) is 0 Å². The molecule has 20 heavy (non-hydrogen) atoms. The van der Waals surface area contributed by atoms with E-state index >= 15 is 0 Å². The Morgan fingerprint density at radius 2 is 1.45 bits per heavy atom. The summed E-state index contributed by atoms with van der Waals surface area (Å²) in [6.45, 7) is 1.03. The summed E-state index contributed by atoms with van der Waals surface area (Å²) < 4.78 is 23.7. The molecule has 7 N–H and O–H groups in total. The summed E-state index contributed by atoms with van der Waals surface area (Å²) in [5.74, 6) is -3.05. The van der Waals surface area contributed by atoms with Gasteiger partial charge >= 0.3 is 27.4 Å². The van der Waals surface area contributed by atoms with Gasteiger partial charge in [-0.1, -0.05) is 0 Å². The molecule has 0 bridgehead atoms. The molecule has 0 fully saturated rings. The van der Waals surface area contributed by atoms with Crippen molar-refractivity contribution < 1.29 is 58.1 Å². The molecular weight excluding hydrogens is 326 g/mol. The average molecular weight is 340 g/mol. The molecule has 0 aromatic carbocycles. The molecule has 0 spiro atoms. The Hall–Kier alpha value is -0.840. The number of phosphoric ester groups is 1. The van der Waals surface area contributed by atoms with E-state index in [1.165, 1.54) is 0 Å². The maximum Gasteiger partial charge on any atom is 0.470 e. The third-order valence-corrected chi connectivity index (χ3v) is 2.75. The van der Waals surface area contributed by atoms with E-state index in [1.54, 1.807) is 0 Å². The minimum absolute atomic E-state index is 1.03. The lowest BCUT2D eigenvalue weighted by atomic mass is 10.4. The van der Waals surface area contributed by atoms with Crippen molar-refractivity contribution in [1.82, 2.24) is 0 Å². The standard InChI is InChI=1S/2C3H7O6P/c1-2(3(4)5)9-10(6,7)8;4-2(3(5)6)1-10(7,8)9/h2H,1H3,(H,4,5)(H2,6,7,8);2,4H,1H2,(H,5,6)(H2,7,8,9). The quantitative estimate of drug-likeness (QED) is 0.266. The highest BCUT2D eigenvalue weighted by Crippen LogP contribution is 2.37. The first-order valence-corrected chi connectivity index (χ1v) is 7.90. The van der Waals surface area contributed by atoms with Gasteiger partial charge in [0.1, 0.15) is 0 Å². The number of carboxylic acids is 2. The lowest BCUT2D eigenvalue weighted by Gasteiger charge is -2.07. The van der Waals surface area contributed by atoms with Crippen molar-refractivity contribution in [3.8, 4) is 0 Å². The second-order valence-electron chi connectivity index (χ2n) is 3.28. The van der Waals surface area contributed by atoms with E-state index in [9.17, 15) is 18.7 Å². The van der Waals surface area contributed by atoms with Crippen molar-refractivity contribution in [1.29, 1.82) is 0 Å². The Morgan fingerprint density at radius 3 is 1.55 bits per heavy atom. The molecule has 0 saturated heterocycles. The summed E-state index contributed by atoms with van der Waals surface area (Å²) in [5.41, 5.74) is 0. The molecule has 0 amide bonds. The van der Waals surface area contributed by atoms with Gasteiger partial charge in [0.25, 0.3) is 0 Å². The second-order valence-corrected chi connectivity index (χ2v) is 6.16. The van der Waals surface area contributed by atoms with Gasteiger partial charge in [-0.3, -0.25) is 9.09 Å². The van der Waals surface area contributed by atoms with Crippen LogP contribution in [-0.2, 0) is 23.2 Å². The van der Waals surface area contributed by atoms with Gasteiger partial charge in [0, 0.05) is 0 Å². The molecule has 0 heterocycles. The van der Waals surface area contributed by atoms with Crippen molar-refractivity contribution in [2.75, 3.05) is 6.16 Å². The summed E-state index contributed by atoms with van der Waals surface area (Å²) in [5, 5.41) is 24.4. The van der Waals surface area contributed by atoms with Crippen LogP contribution in [0.25, 0.3) is 0 Å². The maximum absolute atomic E-state index is 10.0. The molecule has 0 radical (unpaired) electrons. The zero-order chi connectivity index (χ0) is 16.7. The summed E-state index contributed by atoms with van der Waals surface area (Å²) in [4.78, 5) is 52.1.